The molecule has 1 heterocycles. The quantitative estimate of drug-likeness (QED) is 0.888. The largest absolute Gasteiger partial charge is 0.479 e. The molecule has 1 atom stereocenters. The van der Waals surface area contributed by atoms with E-state index in [0.29, 0.717) is 23.5 Å². The van der Waals surface area contributed by atoms with E-state index in [0.717, 1.165) is 0 Å². The summed E-state index contributed by atoms with van der Waals surface area (Å²) >= 11 is 1.46. The van der Waals surface area contributed by atoms with Gasteiger partial charge >= 0.3 is 5.97 Å². The highest BCUT2D eigenvalue weighted by Crippen LogP contribution is 2.28. The summed E-state index contributed by atoms with van der Waals surface area (Å²) in [7, 11) is 0. The predicted octanol–water partition coefficient (Wildman–Crippen LogP) is 1.82. The van der Waals surface area contributed by atoms with Crippen molar-refractivity contribution < 1.29 is 19.1 Å². The summed E-state index contributed by atoms with van der Waals surface area (Å²) in [5, 5.41) is 11.7. The maximum absolute atomic E-state index is 13.7. The van der Waals surface area contributed by atoms with Crippen molar-refractivity contribution in [3.05, 3.63) is 35.1 Å². The van der Waals surface area contributed by atoms with Crippen molar-refractivity contribution >= 4 is 23.6 Å². The first-order chi connectivity index (χ1) is 8.94. The Morgan fingerprint density at radius 1 is 1.47 bits per heavy atom. The fraction of sp³-hybridized carbons (Fsp3) is 0.385. The second-order valence-electron chi connectivity index (χ2n) is 4.63. The van der Waals surface area contributed by atoms with Crippen molar-refractivity contribution in [3.8, 4) is 0 Å². The zero-order chi connectivity index (χ0) is 14.0. The number of halogens is 1. The van der Waals surface area contributed by atoms with Gasteiger partial charge in [0.15, 0.2) is 0 Å². The highest BCUT2D eigenvalue weighted by atomic mass is 32.2. The van der Waals surface area contributed by atoms with E-state index in [1.165, 1.54) is 23.9 Å². The summed E-state index contributed by atoms with van der Waals surface area (Å²) in [5.74, 6) is -1.41. The van der Waals surface area contributed by atoms with Crippen molar-refractivity contribution in [3.63, 3.8) is 0 Å². The summed E-state index contributed by atoms with van der Waals surface area (Å²) in [6, 6.07) is 4.25. The Morgan fingerprint density at radius 3 is 2.74 bits per heavy atom. The van der Waals surface area contributed by atoms with E-state index >= 15 is 0 Å². The summed E-state index contributed by atoms with van der Waals surface area (Å²) < 4.78 is 13.7. The topological polar surface area (TPSA) is 66.4 Å². The Labute approximate surface area is 114 Å². The van der Waals surface area contributed by atoms with Crippen molar-refractivity contribution in [1.29, 1.82) is 0 Å². The lowest BCUT2D eigenvalue weighted by atomic mass is 9.98. The molecule has 0 spiro atoms. The minimum Gasteiger partial charge on any atom is -0.479 e. The second-order valence-corrected chi connectivity index (χ2v) is 5.73. The number of rotatable bonds is 3. The van der Waals surface area contributed by atoms with E-state index in [1.54, 1.807) is 13.0 Å². The highest BCUT2D eigenvalue weighted by molar-refractivity contribution is 7.99. The molecule has 1 amide bonds. The van der Waals surface area contributed by atoms with Gasteiger partial charge < -0.3 is 10.4 Å². The first-order valence-corrected chi connectivity index (χ1v) is 7.00. The number of hydrogen-bond donors (Lipinski definition) is 2. The maximum atomic E-state index is 13.7. The number of aryl methyl sites for hydroxylation is 1. The molecule has 6 heteroatoms. The Morgan fingerprint density at radius 2 is 2.21 bits per heavy atom. The molecule has 1 aromatic carbocycles. The lowest BCUT2D eigenvalue weighted by molar-refractivity contribution is -0.143. The minimum atomic E-state index is -1.28. The number of nitrogens with one attached hydrogen (secondary N) is 1. The summed E-state index contributed by atoms with van der Waals surface area (Å²) in [5.41, 5.74) is -0.694. The average molecular weight is 283 g/mol. The predicted molar refractivity (Wildman–Crippen MR) is 70.9 cm³/mol. The average Bonchev–Trinajstić information content (AvgIpc) is 2.78. The van der Waals surface area contributed by atoms with Crippen LogP contribution in [0.25, 0.3) is 0 Å². The first kappa shape index (κ1) is 13.9. The summed E-state index contributed by atoms with van der Waals surface area (Å²) in [6.07, 6.45) is 0.353. The van der Waals surface area contributed by atoms with Crippen LogP contribution in [0.1, 0.15) is 22.3 Å². The van der Waals surface area contributed by atoms with Gasteiger partial charge in [0, 0.05) is 5.75 Å². The molecule has 0 bridgehead atoms. The number of hydrogen-bond acceptors (Lipinski definition) is 3. The number of aliphatic carboxylic acids is 1. The molecule has 1 aliphatic heterocycles. The zero-order valence-electron chi connectivity index (χ0n) is 10.4. The normalized spacial score (nSPS) is 22.2. The van der Waals surface area contributed by atoms with E-state index in [2.05, 4.69) is 5.32 Å². The van der Waals surface area contributed by atoms with Gasteiger partial charge in [0.2, 0.25) is 0 Å². The molecule has 1 aromatic rings. The Balaban J connectivity index is 2.22. The second kappa shape index (κ2) is 5.21. The number of benzene rings is 1. The molecule has 0 radical (unpaired) electrons. The number of amides is 1. The third-order valence-corrected chi connectivity index (χ3v) is 4.34. The third kappa shape index (κ3) is 2.73. The SMILES string of the molecule is Cc1ccc(C(=O)NC2(C(=O)O)CCSC2)c(F)c1. The minimum absolute atomic E-state index is 0.122. The van der Waals surface area contributed by atoms with Crippen LogP contribution in [0.5, 0.6) is 0 Å². The van der Waals surface area contributed by atoms with Crippen LogP contribution in [0, 0.1) is 12.7 Å². The van der Waals surface area contributed by atoms with Crippen molar-refractivity contribution in [2.24, 2.45) is 0 Å². The number of carbonyl (C=O) groups is 2. The van der Waals surface area contributed by atoms with Gasteiger partial charge in [-0.3, -0.25) is 4.79 Å². The molecule has 0 saturated carbocycles. The number of carbonyl (C=O) groups excluding carboxylic acids is 1. The summed E-state index contributed by atoms with van der Waals surface area (Å²) in [6.45, 7) is 1.72. The lowest BCUT2D eigenvalue weighted by Gasteiger charge is -2.24. The standard InChI is InChI=1S/C13H14FNO3S/c1-8-2-3-9(10(14)6-8)11(16)15-13(12(17)18)4-5-19-7-13/h2-3,6H,4-5,7H2,1H3,(H,15,16)(H,17,18). The molecule has 1 fully saturated rings. The van der Waals surface area contributed by atoms with Crippen LogP contribution >= 0.6 is 11.8 Å². The molecule has 1 saturated heterocycles. The molecule has 2 N–H and O–H groups in total. The number of thioether (sulfide) groups is 1. The molecule has 1 unspecified atom stereocenters. The van der Waals surface area contributed by atoms with E-state index in [-0.39, 0.29) is 5.56 Å². The lowest BCUT2D eigenvalue weighted by Crippen LogP contribution is -2.54. The Hall–Kier alpha value is -1.56. The van der Waals surface area contributed by atoms with Gasteiger partial charge in [-0.15, -0.1) is 0 Å². The molecule has 1 aliphatic rings. The van der Waals surface area contributed by atoms with Crippen molar-refractivity contribution in [2.45, 2.75) is 18.9 Å². The number of carboxylic acid groups (broad SMARTS) is 1. The van der Waals surface area contributed by atoms with Crippen LogP contribution in [0.2, 0.25) is 0 Å². The molecule has 102 valence electrons. The molecule has 0 aliphatic carbocycles. The number of carboxylic acids is 1. The van der Waals surface area contributed by atoms with Crippen molar-refractivity contribution in [1.82, 2.24) is 5.32 Å². The van der Waals surface area contributed by atoms with Crippen LogP contribution in [-0.4, -0.2) is 34.0 Å². The molecular formula is C13H14FNO3S. The molecule has 19 heavy (non-hydrogen) atoms. The van der Waals surface area contributed by atoms with Gasteiger partial charge in [-0.2, -0.15) is 11.8 Å². The Bertz CT molecular complexity index is 527. The van der Waals surface area contributed by atoms with Gasteiger partial charge in [0.25, 0.3) is 5.91 Å². The zero-order valence-corrected chi connectivity index (χ0v) is 11.2. The fourth-order valence-electron chi connectivity index (χ4n) is 1.97. The van der Waals surface area contributed by atoms with Gasteiger partial charge in [0.05, 0.1) is 5.56 Å². The summed E-state index contributed by atoms with van der Waals surface area (Å²) in [4.78, 5) is 23.3. The van der Waals surface area contributed by atoms with E-state index in [1.807, 2.05) is 0 Å². The molecule has 4 nitrogen and oxygen atoms in total. The third-order valence-electron chi connectivity index (χ3n) is 3.15. The fourth-order valence-corrected chi connectivity index (χ4v) is 3.30. The first-order valence-electron chi connectivity index (χ1n) is 5.84. The molecule has 0 aromatic heterocycles. The van der Waals surface area contributed by atoms with E-state index < -0.39 is 23.2 Å². The van der Waals surface area contributed by atoms with Crippen LogP contribution in [0.3, 0.4) is 0 Å². The van der Waals surface area contributed by atoms with Gasteiger partial charge in [-0.1, -0.05) is 6.07 Å². The van der Waals surface area contributed by atoms with Crippen LogP contribution in [-0.2, 0) is 4.79 Å². The van der Waals surface area contributed by atoms with Gasteiger partial charge in [-0.05, 0) is 36.8 Å². The Kier molecular flexibility index (Phi) is 3.80. The maximum Gasteiger partial charge on any atom is 0.330 e. The highest BCUT2D eigenvalue weighted by Gasteiger charge is 2.43. The monoisotopic (exact) mass is 283 g/mol. The smallest absolute Gasteiger partial charge is 0.330 e. The van der Waals surface area contributed by atoms with Crippen LogP contribution in [0.15, 0.2) is 18.2 Å². The van der Waals surface area contributed by atoms with E-state index in [4.69, 9.17) is 0 Å². The van der Waals surface area contributed by atoms with Crippen molar-refractivity contribution in [2.75, 3.05) is 11.5 Å². The van der Waals surface area contributed by atoms with E-state index in [9.17, 15) is 19.1 Å². The van der Waals surface area contributed by atoms with Crippen LogP contribution < -0.4 is 5.32 Å². The molecular weight excluding hydrogens is 269 g/mol. The van der Waals surface area contributed by atoms with Gasteiger partial charge in [0.1, 0.15) is 11.4 Å². The molecule has 2 rings (SSSR count). The van der Waals surface area contributed by atoms with Gasteiger partial charge in [-0.25, -0.2) is 9.18 Å². The van der Waals surface area contributed by atoms with Crippen LogP contribution in [0.4, 0.5) is 4.39 Å².